The van der Waals surface area contributed by atoms with Gasteiger partial charge in [-0.2, -0.15) is 0 Å². The molecule has 0 aliphatic carbocycles. The Kier molecular flexibility index (Phi) is 4.68. The predicted octanol–water partition coefficient (Wildman–Crippen LogP) is 3.58. The molecular formula is C14H15BrN4O. The number of halogens is 1. The van der Waals surface area contributed by atoms with Crippen molar-refractivity contribution in [2.24, 2.45) is 5.92 Å². The van der Waals surface area contributed by atoms with Gasteiger partial charge in [-0.15, -0.1) is 10.2 Å². The van der Waals surface area contributed by atoms with Gasteiger partial charge in [0.25, 0.3) is 0 Å². The number of rotatable bonds is 4. The molecule has 1 aromatic carbocycles. The summed E-state index contributed by atoms with van der Waals surface area (Å²) in [5.41, 5.74) is 0.903. The molecule has 0 aliphatic rings. The lowest BCUT2D eigenvalue weighted by Crippen LogP contribution is -2.18. The van der Waals surface area contributed by atoms with Gasteiger partial charge in [0.1, 0.15) is 0 Å². The first-order chi connectivity index (χ1) is 9.56. The smallest absolute Gasteiger partial charge is 0.228 e. The van der Waals surface area contributed by atoms with Crippen LogP contribution >= 0.6 is 15.9 Å². The van der Waals surface area contributed by atoms with Gasteiger partial charge in [-0.25, -0.2) is 0 Å². The highest BCUT2D eigenvalue weighted by atomic mass is 79.9. The summed E-state index contributed by atoms with van der Waals surface area (Å²) < 4.78 is 0.944. The summed E-state index contributed by atoms with van der Waals surface area (Å²) >= 11 is 3.45. The van der Waals surface area contributed by atoms with E-state index in [0.717, 1.165) is 10.2 Å². The van der Waals surface area contributed by atoms with E-state index in [1.54, 1.807) is 12.1 Å². The first-order valence-corrected chi connectivity index (χ1v) is 7.01. The molecule has 0 spiro atoms. The Morgan fingerprint density at radius 1 is 1.10 bits per heavy atom. The molecule has 0 saturated carbocycles. The lowest BCUT2D eigenvalue weighted by Gasteiger charge is -2.08. The molecule has 2 N–H and O–H groups in total. The quantitative estimate of drug-likeness (QED) is 0.896. The second kappa shape index (κ2) is 6.47. The third kappa shape index (κ3) is 3.77. The number of carbonyl (C=O) groups is 1. The minimum Gasteiger partial charge on any atom is -0.338 e. The Morgan fingerprint density at radius 3 is 2.35 bits per heavy atom. The van der Waals surface area contributed by atoms with Crippen LogP contribution in [0, 0.1) is 5.92 Å². The molecule has 0 fully saturated rings. The lowest BCUT2D eigenvalue weighted by atomic mass is 10.2. The molecule has 2 rings (SSSR count). The van der Waals surface area contributed by atoms with Crippen LogP contribution in [0.2, 0.25) is 0 Å². The van der Waals surface area contributed by atoms with Gasteiger partial charge in [-0.05, 0) is 40.2 Å². The normalized spacial score (nSPS) is 10.4. The summed E-state index contributed by atoms with van der Waals surface area (Å²) in [6, 6.07) is 11.2. The number of para-hydroxylation sites is 1. The van der Waals surface area contributed by atoms with Crippen molar-refractivity contribution in [3.63, 3.8) is 0 Å². The van der Waals surface area contributed by atoms with Crippen LogP contribution in [0.15, 0.2) is 40.9 Å². The summed E-state index contributed by atoms with van der Waals surface area (Å²) in [5.74, 6) is 0.890. The molecule has 0 atom stereocenters. The predicted molar refractivity (Wildman–Crippen MR) is 82.9 cm³/mol. The summed E-state index contributed by atoms with van der Waals surface area (Å²) in [6.45, 7) is 3.65. The van der Waals surface area contributed by atoms with Gasteiger partial charge >= 0.3 is 0 Å². The molecular weight excluding hydrogens is 320 g/mol. The van der Waals surface area contributed by atoms with Crippen LogP contribution < -0.4 is 10.6 Å². The third-order valence-corrected chi connectivity index (χ3v) is 3.27. The highest BCUT2D eigenvalue weighted by Gasteiger charge is 2.08. The maximum absolute atomic E-state index is 11.5. The lowest BCUT2D eigenvalue weighted by molar-refractivity contribution is -0.118. The minimum absolute atomic E-state index is 0.0780. The third-order valence-electron chi connectivity index (χ3n) is 2.58. The Labute approximate surface area is 125 Å². The van der Waals surface area contributed by atoms with Crippen LogP contribution in [-0.2, 0) is 4.79 Å². The van der Waals surface area contributed by atoms with Crippen LogP contribution in [0.25, 0.3) is 0 Å². The van der Waals surface area contributed by atoms with E-state index in [1.165, 1.54) is 0 Å². The second-order valence-corrected chi connectivity index (χ2v) is 5.41. The molecule has 1 heterocycles. The summed E-state index contributed by atoms with van der Waals surface area (Å²) in [7, 11) is 0. The van der Waals surface area contributed by atoms with Crippen molar-refractivity contribution in [1.82, 2.24) is 10.2 Å². The van der Waals surface area contributed by atoms with Crippen LogP contribution in [0.3, 0.4) is 0 Å². The van der Waals surface area contributed by atoms with Crippen LogP contribution in [0.4, 0.5) is 17.3 Å². The van der Waals surface area contributed by atoms with Gasteiger partial charge in [0, 0.05) is 10.4 Å². The number of nitrogens with one attached hydrogen (secondary N) is 2. The molecule has 104 valence electrons. The summed E-state index contributed by atoms with van der Waals surface area (Å²) in [5, 5.41) is 13.8. The van der Waals surface area contributed by atoms with Crippen molar-refractivity contribution in [2.75, 3.05) is 10.6 Å². The number of benzene rings is 1. The maximum Gasteiger partial charge on any atom is 0.228 e. The Morgan fingerprint density at radius 2 is 1.75 bits per heavy atom. The minimum atomic E-state index is -0.0881. The van der Waals surface area contributed by atoms with E-state index in [4.69, 9.17) is 0 Å². The van der Waals surface area contributed by atoms with Crippen molar-refractivity contribution >= 4 is 39.2 Å². The van der Waals surface area contributed by atoms with Gasteiger partial charge in [-0.3, -0.25) is 4.79 Å². The van der Waals surface area contributed by atoms with Gasteiger partial charge < -0.3 is 10.6 Å². The summed E-state index contributed by atoms with van der Waals surface area (Å²) in [4.78, 5) is 11.5. The Balaban J connectivity index is 2.05. The first-order valence-electron chi connectivity index (χ1n) is 6.22. The van der Waals surface area contributed by atoms with Crippen molar-refractivity contribution in [3.05, 3.63) is 40.9 Å². The summed E-state index contributed by atoms with van der Waals surface area (Å²) in [6.07, 6.45) is 0. The fourth-order valence-electron chi connectivity index (χ4n) is 1.44. The van der Waals surface area contributed by atoms with Gasteiger partial charge in [0.05, 0.1) is 5.69 Å². The molecule has 6 heteroatoms. The Hall–Kier alpha value is -1.95. The average Bonchev–Trinajstić information content (AvgIpc) is 2.43. The fraction of sp³-hybridized carbons (Fsp3) is 0.214. The zero-order valence-corrected chi connectivity index (χ0v) is 12.8. The largest absolute Gasteiger partial charge is 0.338 e. The molecule has 1 aromatic heterocycles. The SMILES string of the molecule is CC(C)C(=O)Nc1ccc(Nc2ccccc2Br)nn1. The van der Waals surface area contributed by atoms with Gasteiger partial charge in [0.2, 0.25) is 5.91 Å². The molecule has 0 radical (unpaired) electrons. The van der Waals surface area contributed by atoms with Crippen molar-refractivity contribution in [2.45, 2.75) is 13.8 Å². The zero-order valence-electron chi connectivity index (χ0n) is 11.2. The van der Waals surface area contributed by atoms with E-state index in [9.17, 15) is 4.79 Å². The molecule has 2 aromatic rings. The maximum atomic E-state index is 11.5. The number of nitrogens with zero attached hydrogens (tertiary/aromatic N) is 2. The highest BCUT2D eigenvalue weighted by Crippen LogP contribution is 2.24. The highest BCUT2D eigenvalue weighted by molar-refractivity contribution is 9.10. The van der Waals surface area contributed by atoms with Crippen molar-refractivity contribution in [3.8, 4) is 0 Å². The monoisotopic (exact) mass is 334 g/mol. The molecule has 20 heavy (non-hydrogen) atoms. The molecule has 5 nitrogen and oxygen atoms in total. The second-order valence-electron chi connectivity index (χ2n) is 4.55. The van der Waals surface area contributed by atoms with Crippen LogP contribution in [0.5, 0.6) is 0 Å². The number of amides is 1. The van der Waals surface area contributed by atoms with Gasteiger partial charge in [-0.1, -0.05) is 26.0 Å². The molecule has 1 amide bonds. The number of aromatic nitrogens is 2. The average molecular weight is 335 g/mol. The van der Waals surface area contributed by atoms with E-state index < -0.39 is 0 Å². The van der Waals surface area contributed by atoms with Crippen LogP contribution in [-0.4, -0.2) is 16.1 Å². The number of carbonyl (C=O) groups excluding carboxylic acids is 1. The van der Waals surface area contributed by atoms with E-state index in [0.29, 0.717) is 11.6 Å². The first kappa shape index (κ1) is 14.5. The standard InChI is InChI=1S/C14H15BrN4O/c1-9(2)14(20)17-13-8-7-12(18-19-13)16-11-6-4-3-5-10(11)15/h3-9H,1-2H3,(H,16,18)(H,17,19,20). The molecule has 0 bridgehead atoms. The van der Waals surface area contributed by atoms with Gasteiger partial charge in [0.15, 0.2) is 11.6 Å². The molecule has 0 unspecified atom stereocenters. The van der Waals surface area contributed by atoms with E-state index in [1.807, 2.05) is 38.1 Å². The molecule has 0 saturated heterocycles. The van der Waals surface area contributed by atoms with Crippen LogP contribution in [0.1, 0.15) is 13.8 Å². The number of anilines is 3. The Bertz CT molecular complexity index is 598. The van der Waals surface area contributed by atoms with Crippen molar-refractivity contribution < 1.29 is 4.79 Å². The fourth-order valence-corrected chi connectivity index (χ4v) is 1.82. The zero-order chi connectivity index (χ0) is 14.5. The van der Waals surface area contributed by atoms with E-state index >= 15 is 0 Å². The van der Waals surface area contributed by atoms with E-state index in [-0.39, 0.29) is 11.8 Å². The van der Waals surface area contributed by atoms with Crippen molar-refractivity contribution in [1.29, 1.82) is 0 Å². The number of hydrogen-bond acceptors (Lipinski definition) is 4. The topological polar surface area (TPSA) is 66.9 Å². The molecule has 0 aliphatic heterocycles. The number of hydrogen-bond donors (Lipinski definition) is 2. The van der Waals surface area contributed by atoms with E-state index in [2.05, 4.69) is 36.8 Å².